The molecule has 0 spiro atoms. The van der Waals surface area contributed by atoms with Crippen molar-refractivity contribution >= 4 is 18.0 Å². The van der Waals surface area contributed by atoms with Gasteiger partial charge in [-0.05, 0) is 47.4 Å². The smallest absolute Gasteiger partial charge is 0.407 e. The molecule has 3 N–H and O–H groups in total. The van der Waals surface area contributed by atoms with E-state index in [1.54, 1.807) is 0 Å². The molecule has 2 aromatic carbocycles. The van der Waals surface area contributed by atoms with Gasteiger partial charge in [0.25, 0.3) is 0 Å². The molecular formula is C28H34N2O5. The molecule has 186 valence electrons. The Hall–Kier alpha value is -3.35. The number of hydrogen-bond donors (Lipinski definition) is 3. The van der Waals surface area contributed by atoms with E-state index >= 15 is 0 Å². The van der Waals surface area contributed by atoms with Gasteiger partial charge < -0.3 is 20.5 Å². The van der Waals surface area contributed by atoms with Crippen LogP contribution in [0.5, 0.6) is 0 Å². The Balaban J connectivity index is 1.34. The monoisotopic (exact) mass is 478 g/mol. The molecule has 0 aliphatic heterocycles. The van der Waals surface area contributed by atoms with Gasteiger partial charge >= 0.3 is 12.1 Å². The van der Waals surface area contributed by atoms with Gasteiger partial charge in [-0.2, -0.15) is 0 Å². The fraction of sp³-hybridized carbons (Fsp3) is 0.464. The summed E-state index contributed by atoms with van der Waals surface area (Å²) in [6.07, 6.45) is 3.83. The largest absolute Gasteiger partial charge is 0.481 e. The third-order valence-corrected chi connectivity index (χ3v) is 6.94. The number of alkyl carbamates (subject to hydrolysis) is 1. The van der Waals surface area contributed by atoms with E-state index in [-0.39, 0.29) is 49.3 Å². The molecule has 0 saturated heterocycles. The van der Waals surface area contributed by atoms with Gasteiger partial charge in [0.1, 0.15) is 6.61 Å². The molecule has 35 heavy (non-hydrogen) atoms. The molecule has 2 aromatic rings. The van der Waals surface area contributed by atoms with E-state index in [0.29, 0.717) is 6.42 Å². The molecule has 7 nitrogen and oxygen atoms in total. The highest BCUT2D eigenvalue weighted by molar-refractivity contribution is 5.80. The normalized spacial score (nSPS) is 16.0. The van der Waals surface area contributed by atoms with Crippen molar-refractivity contribution in [3.05, 3.63) is 59.7 Å². The summed E-state index contributed by atoms with van der Waals surface area (Å²) < 4.78 is 5.65. The second-order valence-electron chi connectivity index (χ2n) is 9.62. The number of carboxylic acids is 1. The first-order valence-electron chi connectivity index (χ1n) is 12.6. The molecule has 1 fully saturated rings. The van der Waals surface area contributed by atoms with Crippen LogP contribution in [0.15, 0.2) is 48.5 Å². The quantitative estimate of drug-likeness (QED) is 0.405. The minimum absolute atomic E-state index is 0.0270. The maximum absolute atomic E-state index is 12.7. The zero-order valence-corrected chi connectivity index (χ0v) is 20.2. The van der Waals surface area contributed by atoms with Crippen LogP contribution in [0.4, 0.5) is 4.79 Å². The van der Waals surface area contributed by atoms with Crippen LogP contribution >= 0.6 is 0 Å². The van der Waals surface area contributed by atoms with Crippen LogP contribution in [0.2, 0.25) is 0 Å². The first-order chi connectivity index (χ1) is 17.0. The Morgan fingerprint density at radius 1 is 0.971 bits per heavy atom. The molecule has 4 rings (SSSR count). The number of unbranched alkanes of at least 4 members (excludes halogenated alkanes) is 1. The first-order valence-corrected chi connectivity index (χ1v) is 12.6. The number of carboxylic acid groups (broad SMARTS) is 1. The number of carbonyl (C=O) groups is 3. The van der Waals surface area contributed by atoms with Gasteiger partial charge in [0, 0.05) is 24.4 Å². The molecule has 0 aromatic heterocycles. The minimum atomic E-state index is -0.915. The molecule has 7 heteroatoms. The SMILES string of the molecule is CCCCC(CC(=O)NC(CC(=O)O)C1CC1)NC(=O)OCC1c2ccccc2-c2ccccc21. The zero-order chi connectivity index (χ0) is 24.8. The van der Waals surface area contributed by atoms with E-state index in [1.165, 1.54) is 11.1 Å². The summed E-state index contributed by atoms with van der Waals surface area (Å²) in [4.78, 5) is 36.5. The Bertz CT molecular complexity index is 1020. The van der Waals surface area contributed by atoms with E-state index in [2.05, 4.69) is 41.8 Å². The van der Waals surface area contributed by atoms with Crippen LogP contribution in [-0.4, -0.2) is 41.8 Å². The predicted octanol–water partition coefficient (Wildman–Crippen LogP) is 4.84. The average Bonchev–Trinajstić information content (AvgIpc) is 3.63. The highest BCUT2D eigenvalue weighted by Gasteiger charge is 2.34. The molecular weight excluding hydrogens is 444 g/mol. The van der Waals surface area contributed by atoms with Crippen molar-refractivity contribution in [2.45, 2.75) is 69.9 Å². The van der Waals surface area contributed by atoms with Crippen molar-refractivity contribution in [3.63, 3.8) is 0 Å². The summed E-state index contributed by atoms with van der Waals surface area (Å²) in [6, 6.07) is 15.6. The molecule has 2 atom stereocenters. The van der Waals surface area contributed by atoms with Crippen molar-refractivity contribution < 1.29 is 24.2 Å². The molecule has 2 unspecified atom stereocenters. The summed E-state index contributed by atoms with van der Waals surface area (Å²) >= 11 is 0. The van der Waals surface area contributed by atoms with Gasteiger partial charge in [0.2, 0.25) is 5.91 Å². The lowest BCUT2D eigenvalue weighted by Crippen LogP contribution is -2.43. The molecule has 0 bridgehead atoms. The summed E-state index contributed by atoms with van der Waals surface area (Å²) in [7, 11) is 0. The number of carbonyl (C=O) groups excluding carboxylic acids is 2. The Labute approximate surface area is 206 Å². The summed E-state index contributed by atoms with van der Waals surface area (Å²) in [6.45, 7) is 2.27. The van der Waals surface area contributed by atoms with Crippen molar-refractivity contribution in [3.8, 4) is 11.1 Å². The highest BCUT2D eigenvalue weighted by Crippen LogP contribution is 2.44. The lowest BCUT2D eigenvalue weighted by Gasteiger charge is -2.22. The van der Waals surface area contributed by atoms with Gasteiger partial charge in [-0.1, -0.05) is 68.3 Å². The lowest BCUT2D eigenvalue weighted by molar-refractivity contribution is -0.137. The highest BCUT2D eigenvalue weighted by atomic mass is 16.5. The summed E-state index contributed by atoms with van der Waals surface area (Å²) in [5.74, 6) is -0.940. The van der Waals surface area contributed by atoms with Gasteiger partial charge in [-0.3, -0.25) is 9.59 Å². The molecule has 1 saturated carbocycles. The molecule has 2 aliphatic carbocycles. The second-order valence-corrected chi connectivity index (χ2v) is 9.62. The Morgan fingerprint density at radius 2 is 1.60 bits per heavy atom. The van der Waals surface area contributed by atoms with Crippen molar-refractivity contribution in [1.29, 1.82) is 0 Å². The number of aliphatic carboxylic acids is 1. The van der Waals surface area contributed by atoms with Crippen LogP contribution in [0.1, 0.15) is 68.9 Å². The van der Waals surface area contributed by atoms with Crippen LogP contribution < -0.4 is 10.6 Å². The van der Waals surface area contributed by atoms with Gasteiger partial charge in [0.05, 0.1) is 6.42 Å². The number of benzene rings is 2. The second kappa shape index (κ2) is 11.4. The summed E-state index contributed by atoms with van der Waals surface area (Å²) in [5, 5.41) is 14.9. The fourth-order valence-corrected chi connectivity index (χ4v) is 4.99. The molecule has 2 aliphatic rings. The van der Waals surface area contributed by atoms with Crippen LogP contribution in [-0.2, 0) is 14.3 Å². The van der Waals surface area contributed by atoms with Crippen LogP contribution in [0.25, 0.3) is 11.1 Å². The van der Waals surface area contributed by atoms with E-state index in [9.17, 15) is 14.4 Å². The molecule has 0 radical (unpaired) electrons. The average molecular weight is 479 g/mol. The molecule has 2 amide bonds. The van der Waals surface area contributed by atoms with Crippen molar-refractivity contribution in [2.24, 2.45) is 5.92 Å². The minimum Gasteiger partial charge on any atom is -0.481 e. The van der Waals surface area contributed by atoms with Crippen molar-refractivity contribution in [1.82, 2.24) is 10.6 Å². The maximum Gasteiger partial charge on any atom is 0.407 e. The number of fused-ring (bicyclic) bond motifs is 3. The van der Waals surface area contributed by atoms with E-state index in [1.807, 2.05) is 24.3 Å². The van der Waals surface area contributed by atoms with Crippen LogP contribution in [0.3, 0.4) is 0 Å². The number of amides is 2. The summed E-state index contributed by atoms with van der Waals surface area (Å²) in [5.41, 5.74) is 4.63. The number of hydrogen-bond acceptors (Lipinski definition) is 4. The van der Waals surface area contributed by atoms with E-state index < -0.39 is 12.1 Å². The third kappa shape index (κ3) is 6.41. The van der Waals surface area contributed by atoms with E-state index in [0.717, 1.165) is 36.8 Å². The van der Waals surface area contributed by atoms with Crippen molar-refractivity contribution in [2.75, 3.05) is 6.61 Å². The third-order valence-electron chi connectivity index (χ3n) is 6.94. The standard InChI is InChI=1S/C28H34N2O5/c1-2-3-8-19(15-26(31)30-25(16-27(32)33)18-13-14-18)29-28(34)35-17-24-22-11-6-4-9-20(22)21-10-5-7-12-23(21)24/h4-7,9-12,18-19,24-25H,2-3,8,13-17H2,1H3,(H,29,34)(H,30,31)(H,32,33). The molecule has 0 heterocycles. The van der Waals surface area contributed by atoms with E-state index in [4.69, 9.17) is 9.84 Å². The first kappa shape index (κ1) is 24.8. The Morgan fingerprint density at radius 3 is 2.17 bits per heavy atom. The maximum atomic E-state index is 12.7. The predicted molar refractivity (Wildman–Crippen MR) is 133 cm³/mol. The van der Waals surface area contributed by atoms with Crippen LogP contribution in [0, 0.1) is 5.92 Å². The topological polar surface area (TPSA) is 105 Å². The fourth-order valence-electron chi connectivity index (χ4n) is 4.99. The Kier molecular flexibility index (Phi) is 8.06. The number of nitrogens with one attached hydrogen (secondary N) is 2. The lowest BCUT2D eigenvalue weighted by atomic mass is 9.98. The zero-order valence-electron chi connectivity index (χ0n) is 20.2. The number of ether oxygens (including phenoxy) is 1. The van der Waals surface area contributed by atoms with Gasteiger partial charge in [0.15, 0.2) is 0 Å². The van der Waals surface area contributed by atoms with Gasteiger partial charge in [-0.15, -0.1) is 0 Å². The van der Waals surface area contributed by atoms with Gasteiger partial charge in [-0.25, -0.2) is 4.79 Å². The number of rotatable bonds is 12.